The van der Waals surface area contributed by atoms with Crippen LogP contribution in [0, 0.1) is 0 Å². The Morgan fingerprint density at radius 2 is 0.618 bits per heavy atom. The summed E-state index contributed by atoms with van der Waals surface area (Å²) in [7, 11) is 0. The van der Waals surface area contributed by atoms with E-state index < -0.39 is 23.9 Å². The van der Waals surface area contributed by atoms with Gasteiger partial charge in [0.25, 0.3) is 0 Å². The molecule has 0 radical (unpaired) electrons. The highest BCUT2D eigenvalue weighted by Crippen LogP contribution is 2.37. The number of aromatic nitrogens is 8. The first-order chi connectivity index (χ1) is 32.9. The summed E-state index contributed by atoms with van der Waals surface area (Å²) in [5.74, 6) is -3.66. The SMILES string of the molecule is O=C(O)CC[n+]1cccc(-c2c3nc(c(-c4ccc[n+](CCC(=O)O)c4)c4ccc([nH]4)c(-c4ccc[n+](CCC(=O)O)c4)c4nc(c(-c5ccc[n+](CCC(=O)O)c5)c5ccc2[nH]5)C=C4)C=C3)c1. The number of hydrogen-bond acceptors (Lipinski definition) is 6. The number of carboxylic acid groups (broad SMARTS) is 4. The van der Waals surface area contributed by atoms with Gasteiger partial charge in [-0.2, -0.15) is 0 Å². The standard InChI is InChI=1S/C52H42N8O8/c61-45(62)17-25-57-21-1-5-33(29-57)49-37-9-11-39(53-37)50(34-6-2-22-58(30-34)26-18-46(63)64)41-13-15-43(55-41)52(36-8-4-24-60(32-36)28-20-48(67)68)44-16-14-42(56-44)51(40-12-10-38(49)54-40)35-7-3-23-59(31-35)27-19-47(65)66/h1-16,21-24,29-32H,17-20,25-28H2,(H2-4,53,54,55,56,61,62,63,64,65,66,67,68)/p+4. The molecular weight excluding hydrogens is 865 g/mol. The Morgan fingerprint density at radius 1 is 0.382 bits per heavy atom. The first kappa shape index (κ1) is 44.3. The van der Waals surface area contributed by atoms with Crippen LogP contribution in [-0.2, 0) is 45.4 Å². The van der Waals surface area contributed by atoms with Gasteiger partial charge in [0, 0.05) is 90.8 Å². The lowest BCUT2D eigenvalue weighted by Gasteiger charge is -2.06. The van der Waals surface area contributed by atoms with E-state index >= 15 is 0 Å². The van der Waals surface area contributed by atoms with Crippen molar-refractivity contribution in [1.29, 1.82) is 0 Å². The zero-order valence-corrected chi connectivity index (χ0v) is 36.6. The average molecular weight is 911 g/mol. The van der Waals surface area contributed by atoms with Crippen molar-refractivity contribution < 1.29 is 57.9 Å². The van der Waals surface area contributed by atoms with Gasteiger partial charge in [-0.1, -0.05) is 0 Å². The number of carboxylic acids is 4. The number of aromatic amines is 2. The number of rotatable bonds is 16. The maximum atomic E-state index is 11.6. The van der Waals surface area contributed by atoms with Gasteiger partial charge in [0.15, 0.2) is 75.8 Å². The molecule has 9 heterocycles. The summed E-state index contributed by atoms with van der Waals surface area (Å²) in [4.78, 5) is 64.6. The first-order valence-electron chi connectivity index (χ1n) is 22.0. The minimum Gasteiger partial charge on any atom is -0.481 e. The third-order valence-corrected chi connectivity index (χ3v) is 11.7. The minimum atomic E-state index is -0.914. The average Bonchev–Trinajstić information content (AvgIpc) is 4.18. The number of nitrogens with zero attached hydrogens (tertiary/aromatic N) is 6. The smallest absolute Gasteiger partial charge is 0.309 e. The van der Waals surface area contributed by atoms with E-state index in [-0.39, 0.29) is 51.9 Å². The maximum Gasteiger partial charge on any atom is 0.309 e. The Morgan fingerprint density at radius 3 is 0.838 bits per heavy atom. The van der Waals surface area contributed by atoms with Crippen molar-refractivity contribution in [2.75, 3.05) is 0 Å². The molecule has 0 atom stereocenters. The van der Waals surface area contributed by atoms with E-state index in [2.05, 4.69) is 9.97 Å². The third kappa shape index (κ3) is 9.84. The van der Waals surface area contributed by atoms with E-state index in [9.17, 15) is 39.6 Å². The van der Waals surface area contributed by atoms with Crippen LogP contribution in [0.15, 0.2) is 122 Å². The van der Waals surface area contributed by atoms with E-state index in [1.165, 1.54) is 0 Å². The van der Waals surface area contributed by atoms with E-state index in [1.54, 1.807) is 0 Å². The van der Waals surface area contributed by atoms with Crippen LogP contribution < -0.4 is 18.3 Å². The fourth-order valence-electron chi connectivity index (χ4n) is 8.55. The Labute approximate surface area is 388 Å². The van der Waals surface area contributed by atoms with Gasteiger partial charge in [-0.15, -0.1) is 0 Å². The van der Waals surface area contributed by atoms with Crippen LogP contribution in [0.4, 0.5) is 0 Å². The molecule has 7 aromatic heterocycles. The van der Waals surface area contributed by atoms with Crippen LogP contribution in [0.2, 0.25) is 0 Å². The van der Waals surface area contributed by atoms with Crippen molar-refractivity contribution in [1.82, 2.24) is 19.9 Å². The molecule has 68 heavy (non-hydrogen) atoms. The summed E-state index contributed by atoms with van der Waals surface area (Å²) in [6.07, 6.45) is 22.4. The van der Waals surface area contributed by atoms with Gasteiger partial charge in [0.1, 0.15) is 25.7 Å². The van der Waals surface area contributed by atoms with Crippen molar-refractivity contribution >= 4 is 70.2 Å². The van der Waals surface area contributed by atoms with Gasteiger partial charge >= 0.3 is 23.9 Å². The molecule has 8 bridgehead atoms. The lowest BCUT2D eigenvalue weighted by Crippen LogP contribution is -2.34. The highest BCUT2D eigenvalue weighted by Gasteiger charge is 2.23. The van der Waals surface area contributed by atoms with Gasteiger partial charge < -0.3 is 30.4 Å². The van der Waals surface area contributed by atoms with E-state index in [1.807, 2.05) is 165 Å². The third-order valence-electron chi connectivity index (χ3n) is 11.7. The fourth-order valence-corrected chi connectivity index (χ4v) is 8.55. The lowest BCUT2D eigenvalue weighted by molar-refractivity contribution is -0.695. The number of fused-ring (bicyclic) bond motifs is 8. The second kappa shape index (κ2) is 19.3. The Balaban J connectivity index is 1.39. The van der Waals surface area contributed by atoms with Gasteiger partial charge in [-0.05, 0) is 72.8 Å². The maximum absolute atomic E-state index is 11.6. The molecule has 0 amide bonds. The van der Waals surface area contributed by atoms with Crippen LogP contribution >= 0.6 is 0 Å². The quantitative estimate of drug-likeness (QED) is 0.0588. The monoisotopic (exact) mass is 910 g/mol. The predicted octanol–water partition coefficient (Wildman–Crippen LogP) is 6.37. The van der Waals surface area contributed by atoms with Crippen molar-refractivity contribution in [2.24, 2.45) is 0 Å². The number of carbonyl (C=O) groups is 4. The Kier molecular flexibility index (Phi) is 12.6. The lowest BCUT2D eigenvalue weighted by atomic mass is 10.1. The van der Waals surface area contributed by atoms with Gasteiger partial charge in [0.2, 0.25) is 0 Å². The molecule has 0 spiro atoms. The molecule has 6 N–H and O–H groups in total. The molecule has 0 saturated heterocycles. The molecule has 16 heteroatoms. The van der Waals surface area contributed by atoms with Crippen molar-refractivity contribution in [3.63, 3.8) is 0 Å². The number of aryl methyl sites for hydroxylation is 4. The highest BCUT2D eigenvalue weighted by molar-refractivity contribution is 5.99. The number of nitrogens with one attached hydrogen (secondary N) is 2. The summed E-state index contributed by atoms with van der Waals surface area (Å²) in [6, 6.07) is 23.2. The Bertz CT molecular complexity index is 2970. The number of H-pyrrole nitrogens is 2. The van der Waals surface area contributed by atoms with E-state index in [0.717, 1.165) is 44.5 Å². The first-order valence-corrected chi connectivity index (χ1v) is 22.0. The van der Waals surface area contributed by atoms with Crippen LogP contribution in [0.5, 0.6) is 0 Å². The summed E-state index contributed by atoms with van der Waals surface area (Å²) < 4.78 is 7.34. The number of pyridine rings is 4. The summed E-state index contributed by atoms with van der Waals surface area (Å²) in [6.45, 7) is 0.993. The summed E-state index contributed by atoms with van der Waals surface area (Å²) >= 11 is 0. The Hall–Kier alpha value is -8.92. The van der Waals surface area contributed by atoms with Gasteiger partial charge in [-0.25, -0.2) is 28.2 Å². The zero-order valence-electron chi connectivity index (χ0n) is 36.6. The van der Waals surface area contributed by atoms with Crippen molar-refractivity contribution in [2.45, 2.75) is 51.9 Å². The molecule has 0 fully saturated rings. The molecule has 0 unspecified atom stereocenters. The second-order valence-electron chi connectivity index (χ2n) is 16.4. The molecule has 0 aromatic carbocycles. The van der Waals surface area contributed by atoms with Crippen molar-refractivity contribution in [3.8, 4) is 44.5 Å². The minimum absolute atomic E-state index is 0.0699. The van der Waals surface area contributed by atoms with Gasteiger partial charge in [0.05, 0.1) is 22.8 Å². The molecule has 2 aliphatic rings. The molecule has 2 aliphatic heterocycles. The van der Waals surface area contributed by atoms with E-state index in [0.29, 0.717) is 44.8 Å². The molecule has 7 aromatic rings. The van der Waals surface area contributed by atoms with E-state index in [4.69, 9.17) is 9.97 Å². The van der Waals surface area contributed by atoms with Gasteiger partial charge in [-0.3, -0.25) is 19.2 Å². The number of hydrogen-bond donors (Lipinski definition) is 6. The fraction of sp³-hybridized carbons (Fsp3) is 0.154. The van der Waals surface area contributed by atoms with Crippen LogP contribution in [0.1, 0.15) is 48.5 Å². The molecule has 0 saturated carbocycles. The summed E-state index contributed by atoms with van der Waals surface area (Å²) in [5, 5.41) is 38.1. The van der Waals surface area contributed by atoms with Crippen molar-refractivity contribution in [3.05, 3.63) is 145 Å². The summed E-state index contributed by atoms with van der Waals surface area (Å²) in [5.41, 5.74) is 11.4. The highest BCUT2D eigenvalue weighted by atomic mass is 16.4. The zero-order chi connectivity index (χ0) is 47.3. The van der Waals surface area contributed by atoms with Crippen LogP contribution in [0.25, 0.3) is 90.9 Å². The molecule has 0 aliphatic carbocycles. The van der Waals surface area contributed by atoms with Crippen LogP contribution in [-0.4, -0.2) is 64.2 Å². The number of aliphatic carboxylic acids is 4. The predicted molar refractivity (Wildman–Crippen MR) is 250 cm³/mol. The second-order valence-corrected chi connectivity index (χ2v) is 16.4. The molecule has 9 rings (SSSR count). The topological polar surface area (TPSA) is 222 Å². The molecular formula is C52H46N8O8+4. The largest absolute Gasteiger partial charge is 0.481 e. The van der Waals surface area contributed by atoms with Crippen LogP contribution in [0.3, 0.4) is 0 Å². The normalized spacial score (nSPS) is 11.8. The molecule has 338 valence electrons. The molecule has 16 nitrogen and oxygen atoms in total.